The zero-order chi connectivity index (χ0) is 16.0. The lowest BCUT2D eigenvalue weighted by Gasteiger charge is -2.34. The molecule has 0 aromatic heterocycles. The van der Waals surface area contributed by atoms with E-state index in [0.29, 0.717) is 30.9 Å². The summed E-state index contributed by atoms with van der Waals surface area (Å²) in [5.41, 5.74) is 0.964. The Labute approximate surface area is 140 Å². The normalized spacial score (nSPS) is 19.8. The van der Waals surface area contributed by atoms with Crippen LogP contribution in [0.15, 0.2) is 24.3 Å². The molecule has 5 nitrogen and oxygen atoms in total. The van der Waals surface area contributed by atoms with Gasteiger partial charge in [0, 0.05) is 29.6 Å². The Hall–Kier alpha value is -0.760. The fourth-order valence-electron chi connectivity index (χ4n) is 2.40. The van der Waals surface area contributed by atoms with E-state index in [1.165, 1.54) is 0 Å². The summed E-state index contributed by atoms with van der Waals surface area (Å²) in [6.07, 6.45) is 0.999. The van der Waals surface area contributed by atoms with Crippen molar-refractivity contribution in [3.05, 3.63) is 34.9 Å². The van der Waals surface area contributed by atoms with Gasteiger partial charge in [0.1, 0.15) is 0 Å². The van der Waals surface area contributed by atoms with Gasteiger partial charge in [-0.3, -0.25) is 4.79 Å². The van der Waals surface area contributed by atoms with Crippen molar-refractivity contribution < 1.29 is 13.2 Å². The molecule has 1 N–H and O–H groups in total. The molecule has 1 heterocycles. The van der Waals surface area contributed by atoms with Gasteiger partial charge in [-0.05, 0) is 24.1 Å². The van der Waals surface area contributed by atoms with Gasteiger partial charge < -0.3 is 5.32 Å². The van der Waals surface area contributed by atoms with Crippen LogP contribution in [-0.4, -0.2) is 49.5 Å². The molecule has 1 aromatic rings. The topological polar surface area (TPSA) is 66.5 Å². The van der Waals surface area contributed by atoms with E-state index in [0.717, 1.165) is 17.1 Å². The van der Waals surface area contributed by atoms with Gasteiger partial charge in [0.05, 0.1) is 11.8 Å². The van der Waals surface area contributed by atoms with E-state index in [2.05, 4.69) is 5.32 Å². The number of carbonyl (C=O) groups is 1. The van der Waals surface area contributed by atoms with Gasteiger partial charge in [-0.2, -0.15) is 16.1 Å². The molecule has 0 saturated carbocycles. The van der Waals surface area contributed by atoms with Crippen molar-refractivity contribution in [3.8, 4) is 0 Å². The third kappa shape index (κ3) is 4.62. The maximum atomic E-state index is 12.6. The number of thioether (sulfide) groups is 1. The zero-order valence-corrected chi connectivity index (χ0v) is 14.5. The number of benzene rings is 1. The van der Waals surface area contributed by atoms with Crippen molar-refractivity contribution in [2.45, 2.75) is 12.5 Å². The molecule has 1 saturated heterocycles. The number of amides is 1. The van der Waals surface area contributed by atoms with Gasteiger partial charge in [0.15, 0.2) is 0 Å². The third-order valence-electron chi connectivity index (χ3n) is 3.50. The van der Waals surface area contributed by atoms with Crippen LogP contribution in [0.5, 0.6) is 0 Å². The molecule has 2 rings (SSSR count). The first kappa shape index (κ1) is 17.6. The summed E-state index contributed by atoms with van der Waals surface area (Å²) in [5, 5.41) is 3.13. The van der Waals surface area contributed by atoms with E-state index in [9.17, 15) is 13.2 Å². The standard InChI is InChI=1S/C14H19ClN2O3S2/c15-13-4-2-12(3-5-13)14-10-21-8-7-17(14)22(19,20)9-1-6-16-11-18/h2-5,11,14H,1,6-10H2,(H,16,18). The number of sulfonamides is 1. The molecule has 1 unspecified atom stereocenters. The van der Waals surface area contributed by atoms with Gasteiger partial charge >= 0.3 is 0 Å². The Morgan fingerprint density at radius 3 is 2.77 bits per heavy atom. The van der Waals surface area contributed by atoms with Gasteiger partial charge in [0.2, 0.25) is 16.4 Å². The van der Waals surface area contributed by atoms with Gasteiger partial charge in [-0.25, -0.2) is 8.42 Å². The first-order valence-electron chi connectivity index (χ1n) is 7.04. The smallest absolute Gasteiger partial charge is 0.214 e. The summed E-state index contributed by atoms with van der Waals surface area (Å²) in [4.78, 5) is 10.2. The molecule has 1 aromatic carbocycles. The fraction of sp³-hybridized carbons (Fsp3) is 0.500. The average Bonchev–Trinajstić information content (AvgIpc) is 2.52. The highest BCUT2D eigenvalue weighted by Gasteiger charge is 2.33. The van der Waals surface area contributed by atoms with E-state index >= 15 is 0 Å². The van der Waals surface area contributed by atoms with Crippen LogP contribution in [0.3, 0.4) is 0 Å². The van der Waals surface area contributed by atoms with Crippen LogP contribution in [0.2, 0.25) is 5.02 Å². The Balaban J connectivity index is 2.11. The highest BCUT2D eigenvalue weighted by molar-refractivity contribution is 7.99. The lowest BCUT2D eigenvalue weighted by Crippen LogP contribution is -2.42. The first-order chi connectivity index (χ1) is 10.5. The predicted molar refractivity (Wildman–Crippen MR) is 90.7 cm³/mol. The van der Waals surface area contributed by atoms with Crippen LogP contribution in [0, 0.1) is 0 Å². The van der Waals surface area contributed by atoms with Crippen LogP contribution < -0.4 is 5.32 Å². The number of hydrogen-bond acceptors (Lipinski definition) is 4. The van der Waals surface area contributed by atoms with Crippen LogP contribution in [0.25, 0.3) is 0 Å². The quantitative estimate of drug-likeness (QED) is 0.594. The maximum absolute atomic E-state index is 12.6. The van der Waals surface area contributed by atoms with Gasteiger partial charge in [0.25, 0.3) is 0 Å². The number of nitrogens with zero attached hydrogens (tertiary/aromatic N) is 1. The molecule has 1 aliphatic heterocycles. The monoisotopic (exact) mass is 362 g/mol. The summed E-state index contributed by atoms with van der Waals surface area (Å²) in [5.74, 6) is 1.59. The minimum absolute atomic E-state index is 0.0442. The van der Waals surface area contributed by atoms with Crippen LogP contribution >= 0.6 is 23.4 Å². The number of hydrogen-bond donors (Lipinski definition) is 1. The van der Waals surface area contributed by atoms with Crippen molar-refractivity contribution in [2.75, 3.05) is 30.3 Å². The molecule has 1 fully saturated rings. The van der Waals surface area contributed by atoms with Gasteiger partial charge in [-0.15, -0.1) is 0 Å². The molecule has 22 heavy (non-hydrogen) atoms. The molecule has 1 amide bonds. The molecule has 1 aliphatic rings. The molecule has 122 valence electrons. The fourth-order valence-corrected chi connectivity index (χ4v) is 5.52. The Bertz CT molecular complexity index is 593. The number of rotatable bonds is 7. The molecule has 0 spiro atoms. The highest BCUT2D eigenvalue weighted by atomic mass is 35.5. The average molecular weight is 363 g/mol. The largest absolute Gasteiger partial charge is 0.359 e. The van der Waals surface area contributed by atoms with E-state index in [1.54, 1.807) is 28.2 Å². The van der Waals surface area contributed by atoms with Crippen molar-refractivity contribution in [1.82, 2.24) is 9.62 Å². The van der Waals surface area contributed by atoms with Crippen molar-refractivity contribution in [1.29, 1.82) is 0 Å². The van der Waals surface area contributed by atoms with Crippen LogP contribution in [0.1, 0.15) is 18.0 Å². The second kappa shape index (κ2) is 8.19. The Kier molecular flexibility index (Phi) is 6.55. The summed E-state index contributed by atoms with van der Waals surface area (Å²) >= 11 is 7.66. The minimum atomic E-state index is -3.34. The van der Waals surface area contributed by atoms with E-state index in [-0.39, 0.29) is 11.8 Å². The SMILES string of the molecule is O=CNCCCS(=O)(=O)N1CCSCC1c1ccc(Cl)cc1. The second-order valence-corrected chi connectivity index (χ2v) is 8.62. The zero-order valence-electron chi connectivity index (χ0n) is 12.1. The van der Waals surface area contributed by atoms with E-state index in [1.807, 2.05) is 12.1 Å². The molecule has 0 aliphatic carbocycles. The lowest BCUT2D eigenvalue weighted by molar-refractivity contribution is -0.109. The Morgan fingerprint density at radius 1 is 1.36 bits per heavy atom. The van der Waals surface area contributed by atoms with Crippen LogP contribution in [0.4, 0.5) is 0 Å². The van der Waals surface area contributed by atoms with Gasteiger partial charge in [-0.1, -0.05) is 23.7 Å². The lowest BCUT2D eigenvalue weighted by atomic mass is 10.1. The number of nitrogens with one attached hydrogen (secondary N) is 1. The minimum Gasteiger partial charge on any atom is -0.359 e. The molecule has 0 bridgehead atoms. The van der Waals surface area contributed by atoms with E-state index < -0.39 is 10.0 Å². The molecular weight excluding hydrogens is 344 g/mol. The second-order valence-electron chi connectivity index (χ2n) is 4.99. The van der Waals surface area contributed by atoms with Crippen molar-refractivity contribution in [3.63, 3.8) is 0 Å². The molecule has 1 atom stereocenters. The predicted octanol–water partition coefficient (Wildman–Crippen LogP) is 1.90. The first-order valence-corrected chi connectivity index (χ1v) is 10.2. The summed E-state index contributed by atoms with van der Waals surface area (Å²) < 4.78 is 26.7. The van der Waals surface area contributed by atoms with Crippen molar-refractivity contribution in [2.24, 2.45) is 0 Å². The molecule has 0 radical (unpaired) electrons. The maximum Gasteiger partial charge on any atom is 0.214 e. The number of carbonyl (C=O) groups excluding carboxylic acids is 1. The summed E-state index contributed by atoms with van der Waals surface area (Å²) in [7, 11) is -3.34. The van der Waals surface area contributed by atoms with E-state index in [4.69, 9.17) is 11.6 Å². The summed E-state index contributed by atoms with van der Waals surface area (Å²) in [6.45, 7) is 0.887. The molecule has 8 heteroatoms. The third-order valence-corrected chi connectivity index (χ3v) is 6.73. The molecular formula is C14H19ClN2O3S2. The Morgan fingerprint density at radius 2 is 2.09 bits per heavy atom. The van der Waals surface area contributed by atoms with Crippen LogP contribution in [-0.2, 0) is 14.8 Å². The van der Waals surface area contributed by atoms with Crippen molar-refractivity contribution >= 4 is 39.8 Å². The summed E-state index contributed by atoms with van der Waals surface area (Å²) in [6, 6.07) is 7.19. The highest BCUT2D eigenvalue weighted by Crippen LogP contribution is 2.32. The number of halogens is 1.